The van der Waals surface area contributed by atoms with Crippen molar-refractivity contribution in [1.82, 2.24) is 5.32 Å². The molecule has 0 aliphatic heterocycles. The SMILES string of the molecule is CNC(Cc1ccc(C)c(C)c1)C1(C)CC1. The van der Waals surface area contributed by atoms with Crippen LogP contribution in [-0.2, 0) is 6.42 Å². The van der Waals surface area contributed by atoms with E-state index in [0.717, 1.165) is 6.42 Å². The summed E-state index contributed by atoms with van der Waals surface area (Å²) < 4.78 is 0. The van der Waals surface area contributed by atoms with E-state index in [1.54, 1.807) is 0 Å². The van der Waals surface area contributed by atoms with E-state index in [4.69, 9.17) is 0 Å². The molecule has 16 heavy (non-hydrogen) atoms. The second-order valence-electron chi connectivity index (χ2n) is 5.62. The molecule has 1 saturated carbocycles. The highest BCUT2D eigenvalue weighted by Crippen LogP contribution is 2.48. The Kier molecular flexibility index (Phi) is 3.07. The van der Waals surface area contributed by atoms with Crippen LogP contribution in [0, 0.1) is 19.3 Å². The molecule has 1 fully saturated rings. The van der Waals surface area contributed by atoms with Crippen LogP contribution in [0.5, 0.6) is 0 Å². The zero-order valence-electron chi connectivity index (χ0n) is 10.9. The van der Waals surface area contributed by atoms with Gasteiger partial charge in [0, 0.05) is 6.04 Å². The molecule has 0 aromatic heterocycles. The molecule has 1 atom stereocenters. The second kappa shape index (κ2) is 4.21. The van der Waals surface area contributed by atoms with Crippen molar-refractivity contribution in [1.29, 1.82) is 0 Å². The lowest BCUT2D eigenvalue weighted by Gasteiger charge is -2.23. The fraction of sp³-hybridized carbons (Fsp3) is 0.600. The minimum absolute atomic E-state index is 0.549. The Morgan fingerprint density at radius 1 is 1.25 bits per heavy atom. The molecule has 1 heteroatoms. The summed E-state index contributed by atoms with van der Waals surface area (Å²) in [7, 11) is 2.09. The predicted octanol–water partition coefficient (Wildman–Crippen LogP) is 3.23. The molecule has 0 heterocycles. The van der Waals surface area contributed by atoms with Gasteiger partial charge in [-0.2, -0.15) is 0 Å². The van der Waals surface area contributed by atoms with Gasteiger partial charge in [0.1, 0.15) is 0 Å². The van der Waals surface area contributed by atoms with E-state index in [-0.39, 0.29) is 0 Å². The van der Waals surface area contributed by atoms with Gasteiger partial charge in [-0.25, -0.2) is 0 Å². The van der Waals surface area contributed by atoms with Crippen molar-refractivity contribution in [2.45, 2.75) is 46.1 Å². The van der Waals surface area contributed by atoms with Gasteiger partial charge in [0.15, 0.2) is 0 Å². The van der Waals surface area contributed by atoms with E-state index >= 15 is 0 Å². The third-order valence-electron chi connectivity index (χ3n) is 4.24. The fourth-order valence-corrected chi connectivity index (χ4v) is 2.41. The van der Waals surface area contributed by atoms with Gasteiger partial charge in [0.05, 0.1) is 0 Å². The van der Waals surface area contributed by atoms with Gasteiger partial charge in [-0.1, -0.05) is 25.1 Å². The molecule has 1 N–H and O–H groups in total. The molecule has 0 spiro atoms. The molecule has 1 aromatic rings. The van der Waals surface area contributed by atoms with Gasteiger partial charge in [-0.3, -0.25) is 0 Å². The molecule has 0 amide bonds. The molecule has 2 rings (SSSR count). The Balaban J connectivity index is 2.10. The number of nitrogens with one attached hydrogen (secondary N) is 1. The van der Waals surface area contributed by atoms with Gasteiger partial charge in [0.2, 0.25) is 0 Å². The third-order valence-corrected chi connectivity index (χ3v) is 4.24. The maximum Gasteiger partial charge on any atom is 0.0158 e. The normalized spacial score (nSPS) is 19.5. The first-order chi connectivity index (χ1) is 7.55. The Bertz CT molecular complexity index is 377. The van der Waals surface area contributed by atoms with E-state index in [1.165, 1.54) is 29.5 Å². The summed E-state index contributed by atoms with van der Waals surface area (Å²) in [6.45, 7) is 6.78. The molecule has 1 aliphatic rings. The standard InChI is InChI=1S/C15H23N/c1-11-5-6-13(9-12(11)2)10-14(16-4)15(3)7-8-15/h5-6,9,14,16H,7-8,10H2,1-4H3. The largest absolute Gasteiger partial charge is 0.316 e. The summed E-state index contributed by atoms with van der Waals surface area (Å²) >= 11 is 0. The first-order valence-electron chi connectivity index (χ1n) is 6.28. The van der Waals surface area contributed by atoms with Crippen LogP contribution >= 0.6 is 0 Å². The van der Waals surface area contributed by atoms with E-state index < -0.39 is 0 Å². The number of aryl methyl sites for hydroxylation is 2. The average molecular weight is 217 g/mol. The highest BCUT2D eigenvalue weighted by Gasteiger charge is 2.43. The maximum absolute atomic E-state index is 3.49. The van der Waals surface area contributed by atoms with E-state index in [2.05, 4.69) is 51.3 Å². The highest BCUT2D eigenvalue weighted by atomic mass is 14.9. The Hall–Kier alpha value is -0.820. The minimum atomic E-state index is 0.549. The van der Waals surface area contributed by atoms with Crippen molar-refractivity contribution in [3.05, 3.63) is 34.9 Å². The van der Waals surface area contributed by atoms with Crippen LogP contribution in [0.2, 0.25) is 0 Å². The molecular formula is C15H23N. The molecule has 0 radical (unpaired) electrons. The number of hydrogen-bond donors (Lipinski definition) is 1. The van der Waals surface area contributed by atoms with Crippen LogP contribution in [0.3, 0.4) is 0 Å². The highest BCUT2D eigenvalue weighted by molar-refractivity contribution is 5.30. The average Bonchev–Trinajstić information content (AvgIpc) is 2.99. The van der Waals surface area contributed by atoms with E-state index in [9.17, 15) is 0 Å². The molecule has 1 aliphatic carbocycles. The van der Waals surface area contributed by atoms with Gasteiger partial charge in [0.25, 0.3) is 0 Å². The van der Waals surface area contributed by atoms with Gasteiger partial charge in [-0.15, -0.1) is 0 Å². The molecule has 88 valence electrons. The summed E-state index contributed by atoms with van der Waals surface area (Å²) in [6, 6.07) is 7.49. The van der Waals surface area contributed by atoms with Crippen molar-refractivity contribution >= 4 is 0 Å². The van der Waals surface area contributed by atoms with Crippen LogP contribution in [-0.4, -0.2) is 13.1 Å². The summed E-state index contributed by atoms with van der Waals surface area (Å²) in [6.07, 6.45) is 3.92. The number of benzene rings is 1. The number of hydrogen-bond acceptors (Lipinski definition) is 1. The van der Waals surface area contributed by atoms with Crippen LogP contribution in [0.25, 0.3) is 0 Å². The maximum atomic E-state index is 3.49. The lowest BCUT2D eigenvalue weighted by Crippen LogP contribution is -2.35. The van der Waals surface area contributed by atoms with Gasteiger partial charge >= 0.3 is 0 Å². The van der Waals surface area contributed by atoms with E-state index in [1.807, 2.05) is 0 Å². The van der Waals surface area contributed by atoms with Crippen molar-refractivity contribution in [3.8, 4) is 0 Å². The zero-order chi connectivity index (χ0) is 11.8. The fourth-order valence-electron chi connectivity index (χ4n) is 2.41. The first kappa shape index (κ1) is 11.7. The monoisotopic (exact) mass is 217 g/mol. The van der Waals surface area contributed by atoms with Crippen LogP contribution in [0.1, 0.15) is 36.5 Å². The summed E-state index contributed by atoms with van der Waals surface area (Å²) in [4.78, 5) is 0. The minimum Gasteiger partial charge on any atom is -0.316 e. The summed E-state index contributed by atoms with van der Waals surface area (Å²) in [5.74, 6) is 0. The number of likely N-dealkylation sites (N-methyl/N-ethyl adjacent to an activating group) is 1. The Morgan fingerprint density at radius 2 is 1.94 bits per heavy atom. The van der Waals surface area contributed by atoms with Crippen molar-refractivity contribution in [3.63, 3.8) is 0 Å². The summed E-state index contributed by atoms with van der Waals surface area (Å²) in [5.41, 5.74) is 4.82. The van der Waals surface area contributed by atoms with Crippen molar-refractivity contribution in [2.75, 3.05) is 7.05 Å². The third kappa shape index (κ3) is 2.30. The Morgan fingerprint density at radius 3 is 2.44 bits per heavy atom. The molecule has 0 bridgehead atoms. The molecular weight excluding hydrogens is 194 g/mol. The molecule has 0 saturated heterocycles. The summed E-state index contributed by atoms with van der Waals surface area (Å²) in [5, 5.41) is 3.49. The van der Waals surface area contributed by atoms with Gasteiger partial charge < -0.3 is 5.32 Å². The topological polar surface area (TPSA) is 12.0 Å². The zero-order valence-corrected chi connectivity index (χ0v) is 10.9. The van der Waals surface area contributed by atoms with Crippen LogP contribution < -0.4 is 5.32 Å². The molecule has 1 aromatic carbocycles. The predicted molar refractivity (Wildman–Crippen MR) is 69.8 cm³/mol. The van der Waals surface area contributed by atoms with Crippen LogP contribution in [0.4, 0.5) is 0 Å². The Labute approximate surface area is 99.3 Å². The van der Waals surface area contributed by atoms with E-state index in [0.29, 0.717) is 11.5 Å². The second-order valence-corrected chi connectivity index (χ2v) is 5.62. The number of rotatable bonds is 4. The lowest BCUT2D eigenvalue weighted by molar-refractivity contribution is 0.376. The van der Waals surface area contributed by atoms with Crippen molar-refractivity contribution < 1.29 is 0 Å². The smallest absolute Gasteiger partial charge is 0.0158 e. The lowest BCUT2D eigenvalue weighted by atomic mass is 9.91. The van der Waals surface area contributed by atoms with Gasteiger partial charge in [-0.05, 0) is 62.3 Å². The molecule has 1 nitrogen and oxygen atoms in total. The quantitative estimate of drug-likeness (QED) is 0.816. The van der Waals surface area contributed by atoms with Crippen LogP contribution in [0.15, 0.2) is 18.2 Å². The van der Waals surface area contributed by atoms with Crippen molar-refractivity contribution in [2.24, 2.45) is 5.41 Å². The molecule has 1 unspecified atom stereocenters. The first-order valence-corrected chi connectivity index (χ1v) is 6.28.